The summed E-state index contributed by atoms with van der Waals surface area (Å²) in [4.78, 5) is 10.2. The fraction of sp³-hybridized carbons (Fsp3) is 0.235. The van der Waals surface area contributed by atoms with Gasteiger partial charge in [0.1, 0.15) is 23.4 Å². The number of benzene rings is 2. The van der Waals surface area contributed by atoms with E-state index in [-0.39, 0.29) is 35.2 Å². The first-order valence-corrected chi connectivity index (χ1v) is 8.36. The molecule has 3 rings (SSSR count). The van der Waals surface area contributed by atoms with E-state index in [9.17, 15) is 25.2 Å². The van der Waals surface area contributed by atoms with Gasteiger partial charge in [-0.25, -0.2) is 4.79 Å². The highest BCUT2D eigenvalue weighted by molar-refractivity contribution is 6.53. The molecular formula is C17H14Cl2O7. The zero-order valence-electron chi connectivity index (χ0n) is 13.1. The van der Waals surface area contributed by atoms with Crippen LogP contribution in [0.5, 0.6) is 28.7 Å². The lowest BCUT2D eigenvalue weighted by molar-refractivity contribution is -0.132. The number of esters is 1. The number of carbonyl (C=O) groups is 1. The minimum absolute atomic E-state index is 0.0256. The zero-order valence-corrected chi connectivity index (χ0v) is 14.6. The van der Waals surface area contributed by atoms with Crippen molar-refractivity contribution in [1.82, 2.24) is 0 Å². The molecule has 2 aromatic carbocycles. The van der Waals surface area contributed by atoms with Gasteiger partial charge in [-0.3, -0.25) is 0 Å². The van der Waals surface area contributed by atoms with E-state index in [1.54, 1.807) is 0 Å². The van der Waals surface area contributed by atoms with E-state index in [0.717, 1.165) is 0 Å². The molecule has 0 saturated carbocycles. The predicted molar refractivity (Wildman–Crippen MR) is 92.1 cm³/mol. The highest BCUT2D eigenvalue weighted by atomic mass is 35.5. The van der Waals surface area contributed by atoms with E-state index in [2.05, 4.69) is 0 Å². The number of phenolic OH excluding ortho intramolecular Hbond substituents is 3. The molecule has 0 spiro atoms. The standard InChI is InChI=1S/C17H14Cl2O7/c18-16(19)17(24)26-14-5-8(20)4-13-9(14)6-12(23)15(25-13)7-1-2-10(21)11(22)3-7/h1-5,12,15-16,20-23H,6H2/t12-,15-/m0/s1. The molecule has 0 aliphatic carbocycles. The van der Waals surface area contributed by atoms with Gasteiger partial charge in [0.05, 0.1) is 6.10 Å². The van der Waals surface area contributed by atoms with Gasteiger partial charge in [-0.2, -0.15) is 0 Å². The number of phenols is 3. The highest BCUT2D eigenvalue weighted by Crippen LogP contribution is 2.43. The molecule has 0 bridgehead atoms. The van der Waals surface area contributed by atoms with Crippen LogP contribution in [0, 0.1) is 0 Å². The van der Waals surface area contributed by atoms with Gasteiger partial charge in [0.25, 0.3) is 0 Å². The Hall–Kier alpha value is -2.35. The largest absolute Gasteiger partial charge is 0.508 e. The molecule has 9 heteroatoms. The number of aliphatic hydroxyl groups excluding tert-OH is 1. The van der Waals surface area contributed by atoms with Crippen LogP contribution in [0.1, 0.15) is 17.2 Å². The molecule has 138 valence electrons. The van der Waals surface area contributed by atoms with Crippen LogP contribution in [-0.2, 0) is 11.2 Å². The Balaban J connectivity index is 1.95. The number of halogens is 2. The SMILES string of the molecule is O=C(Oc1cc(O)cc2c1C[C@H](O)[C@H](c1ccc(O)c(O)c1)O2)C(Cl)Cl. The smallest absolute Gasteiger partial charge is 0.344 e. The van der Waals surface area contributed by atoms with Gasteiger partial charge >= 0.3 is 5.97 Å². The zero-order chi connectivity index (χ0) is 19.0. The number of aromatic hydroxyl groups is 3. The van der Waals surface area contributed by atoms with Crippen molar-refractivity contribution < 1.29 is 34.7 Å². The van der Waals surface area contributed by atoms with Gasteiger partial charge in [0.2, 0.25) is 4.84 Å². The maximum atomic E-state index is 11.6. The summed E-state index contributed by atoms with van der Waals surface area (Å²) < 4.78 is 10.8. The summed E-state index contributed by atoms with van der Waals surface area (Å²) in [5.74, 6) is -1.65. The summed E-state index contributed by atoms with van der Waals surface area (Å²) in [7, 11) is 0. The molecule has 1 aliphatic heterocycles. The lowest BCUT2D eigenvalue weighted by Gasteiger charge is -2.32. The second kappa shape index (κ2) is 7.11. The van der Waals surface area contributed by atoms with E-state index in [1.165, 1.54) is 30.3 Å². The second-order valence-corrected chi connectivity index (χ2v) is 6.80. The Morgan fingerprint density at radius 1 is 1.15 bits per heavy atom. The minimum Gasteiger partial charge on any atom is -0.508 e. The summed E-state index contributed by atoms with van der Waals surface area (Å²) in [6.07, 6.45) is -1.87. The number of fused-ring (bicyclic) bond motifs is 1. The molecule has 0 aromatic heterocycles. The Labute approximate surface area is 157 Å². The van der Waals surface area contributed by atoms with Gasteiger partial charge < -0.3 is 29.9 Å². The molecule has 2 atom stereocenters. The van der Waals surface area contributed by atoms with E-state index >= 15 is 0 Å². The first kappa shape index (κ1) is 18.4. The monoisotopic (exact) mass is 400 g/mol. The summed E-state index contributed by atoms with van der Waals surface area (Å²) >= 11 is 10.9. The molecule has 0 unspecified atom stereocenters. The van der Waals surface area contributed by atoms with Crippen LogP contribution in [0.2, 0.25) is 0 Å². The molecular weight excluding hydrogens is 387 g/mol. The Kier molecular flexibility index (Phi) is 5.04. The average molecular weight is 401 g/mol. The molecule has 2 aromatic rings. The minimum atomic E-state index is -1.41. The number of carbonyl (C=O) groups excluding carboxylic acids is 1. The third-order valence-corrected chi connectivity index (χ3v) is 4.24. The fourth-order valence-corrected chi connectivity index (χ4v) is 2.78. The van der Waals surface area contributed by atoms with Crippen LogP contribution < -0.4 is 9.47 Å². The molecule has 0 radical (unpaired) electrons. The summed E-state index contributed by atoms with van der Waals surface area (Å²) in [5.41, 5.74) is 0.777. The normalized spacial score (nSPS) is 18.9. The van der Waals surface area contributed by atoms with Crippen LogP contribution in [0.3, 0.4) is 0 Å². The topological polar surface area (TPSA) is 116 Å². The molecule has 0 amide bonds. The van der Waals surface area contributed by atoms with Crippen LogP contribution in [0.4, 0.5) is 0 Å². The third-order valence-electron chi connectivity index (χ3n) is 3.89. The fourth-order valence-electron chi connectivity index (χ4n) is 2.70. The molecule has 7 nitrogen and oxygen atoms in total. The van der Waals surface area contributed by atoms with Gasteiger partial charge in [0, 0.05) is 24.1 Å². The quantitative estimate of drug-likeness (QED) is 0.270. The van der Waals surface area contributed by atoms with Crippen LogP contribution in [0.15, 0.2) is 30.3 Å². The molecule has 26 heavy (non-hydrogen) atoms. The maximum absolute atomic E-state index is 11.6. The predicted octanol–water partition coefficient (Wildman–Crippen LogP) is 2.55. The molecule has 4 N–H and O–H groups in total. The molecule has 0 saturated heterocycles. The van der Waals surface area contributed by atoms with Crippen molar-refractivity contribution in [3.63, 3.8) is 0 Å². The van der Waals surface area contributed by atoms with E-state index in [0.29, 0.717) is 11.1 Å². The van der Waals surface area contributed by atoms with E-state index in [1.807, 2.05) is 0 Å². The Morgan fingerprint density at radius 3 is 2.54 bits per heavy atom. The number of alkyl halides is 2. The number of ether oxygens (including phenoxy) is 2. The van der Waals surface area contributed by atoms with Crippen molar-refractivity contribution in [2.45, 2.75) is 23.5 Å². The summed E-state index contributed by atoms with van der Waals surface area (Å²) in [5, 5.41) is 39.3. The molecule has 0 fully saturated rings. The lowest BCUT2D eigenvalue weighted by atomic mass is 9.94. The van der Waals surface area contributed by atoms with Crippen molar-refractivity contribution in [3.8, 4) is 28.7 Å². The van der Waals surface area contributed by atoms with Crippen LogP contribution >= 0.6 is 23.2 Å². The van der Waals surface area contributed by atoms with Gasteiger partial charge in [-0.15, -0.1) is 0 Å². The number of hydrogen-bond acceptors (Lipinski definition) is 7. The van der Waals surface area contributed by atoms with E-state index in [4.69, 9.17) is 32.7 Å². The highest BCUT2D eigenvalue weighted by Gasteiger charge is 2.33. The maximum Gasteiger partial charge on any atom is 0.344 e. The third kappa shape index (κ3) is 3.60. The van der Waals surface area contributed by atoms with Crippen molar-refractivity contribution >= 4 is 29.2 Å². The summed E-state index contributed by atoms with van der Waals surface area (Å²) in [6, 6.07) is 6.53. The Bertz CT molecular complexity index is 853. The average Bonchev–Trinajstić information content (AvgIpc) is 2.57. The number of aliphatic hydroxyl groups is 1. The van der Waals surface area contributed by atoms with Crippen molar-refractivity contribution in [2.75, 3.05) is 0 Å². The van der Waals surface area contributed by atoms with Gasteiger partial charge in [0.15, 0.2) is 11.5 Å². The van der Waals surface area contributed by atoms with Crippen molar-refractivity contribution in [1.29, 1.82) is 0 Å². The first-order valence-electron chi connectivity index (χ1n) is 7.48. The van der Waals surface area contributed by atoms with Crippen LogP contribution in [0.25, 0.3) is 0 Å². The second-order valence-electron chi connectivity index (χ2n) is 5.70. The van der Waals surface area contributed by atoms with Crippen molar-refractivity contribution in [3.05, 3.63) is 41.5 Å². The number of hydrogen-bond donors (Lipinski definition) is 4. The molecule has 1 heterocycles. The molecule has 1 aliphatic rings. The lowest BCUT2D eigenvalue weighted by Crippen LogP contribution is -2.31. The summed E-state index contributed by atoms with van der Waals surface area (Å²) in [6.45, 7) is 0. The number of rotatable bonds is 3. The Morgan fingerprint density at radius 2 is 1.88 bits per heavy atom. The van der Waals surface area contributed by atoms with E-state index < -0.39 is 23.0 Å². The van der Waals surface area contributed by atoms with Gasteiger partial charge in [-0.05, 0) is 17.7 Å². The van der Waals surface area contributed by atoms with Crippen molar-refractivity contribution in [2.24, 2.45) is 0 Å². The first-order chi connectivity index (χ1) is 12.3. The van der Waals surface area contributed by atoms with Gasteiger partial charge in [-0.1, -0.05) is 29.3 Å². The van der Waals surface area contributed by atoms with Crippen LogP contribution in [-0.4, -0.2) is 37.3 Å².